The standard InChI is InChI=1S/C21H24F3N3O5/c1-13-7-15(8-14(2)20(13)32-12-21(22,23)24)10-26(3)11-19(28)25-17-6-5-16(27(29)30)9-18(17)31-4/h5-9H,10-12H2,1-4H3,(H,25,28). The van der Waals surface area contributed by atoms with Crippen LogP contribution in [-0.4, -0.2) is 49.2 Å². The lowest BCUT2D eigenvalue weighted by atomic mass is 10.1. The molecule has 0 bridgehead atoms. The quantitative estimate of drug-likeness (QED) is 0.449. The van der Waals surface area contributed by atoms with Crippen LogP contribution in [0.5, 0.6) is 11.5 Å². The van der Waals surface area contributed by atoms with Gasteiger partial charge in [0, 0.05) is 12.6 Å². The SMILES string of the molecule is COc1cc([N+](=O)[O-])ccc1NC(=O)CN(C)Cc1cc(C)c(OCC(F)(F)F)c(C)c1. The van der Waals surface area contributed by atoms with E-state index in [-0.39, 0.29) is 29.6 Å². The number of hydrogen-bond donors (Lipinski definition) is 1. The van der Waals surface area contributed by atoms with Crippen LogP contribution in [0.1, 0.15) is 16.7 Å². The number of nitrogens with one attached hydrogen (secondary N) is 1. The lowest BCUT2D eigenvalue weighted by Gasteiger charge is -2.19. The van der Waals surface area contributed by atoms with E-state index in [4.69, 9.17) is 9.47 Å². The molecule has 2 aromatic carbocycles. The Morgan fingerprint density at radius 2 is 1.81 bits per heavy atom. The van der Waals surface area contributed by atoms with Gasteiger partial charge in [-0.05, 0) is 43.7 Å². The lowest BCUT2D eigenvalue weighted by Crippen LogP contribution is -2.30. The number of alkyl halides is 3. The smallest absolute Gasteiger partial charge is 0.422 e. The highest BCUT2D eigenvalue weighted by molar-refractivity contribution is 5.93. The number of amides is 1. The van der Waals surface area contributed by atoms with Gasteiger partial charge in [-0.15, -0.1) is 0 Å². The van der Waals surface area contributed by atoms with Crippen molar-refractivity contribution in [1.29, 1.82) is 0 Å². The number of non-ortho nitro benzene ring substituents is 1. The predicted molar refractivity (Wildman–Crippen MR) is 112 cm³/mol. The highest BCUT2D eigenvalue weighted by Crippen LogP contribution is 2.29. The largest absolute Gasteiger partial charge is 0.494 e. The number of carbonyl (C=O) groups is 1. The average molecular weight is 455 g/mol. The summed E-state index contributed by atoms with van der Waals surface area (Å²) in [6, 6.07) is 7.29. The Bertz CT molecular complexity index is 972. The Morgan fingerprint density at radius 1 is 1.19 bits per heavy atom. The van der Waals surface area contributed by atoms with E-state index in [0.717, 1.165) is 5.56 Å². The maximum Gasteiger partial charge on any atom is 0.422 e. The van der Waals surface area contributed by atoms with E-state index in [2.05, 4.69) is 5.32 Å². The third kappa shape index (κ3) is 7.12. The minimum absolute atomic E-state index is 0.00453. The second-order valence-corrected chi connectivity index (χ2v) is 7.32. The number of halogens is 3. The number of hydrogen-bond acceptors (Lipinski definition) is 6. The minimum atomic E-state index is -4.42. The summed E-state index contributed by atoms with van der Waals surface area (Å²) in [7, 11) is 3.05. The number of likely N-dealkylation sites (N-methyl/N-ethyl adjacent to an activating group) is 1. The molecule has 0 aliphatic rings. The van der Waals surface area contributed by atoms with Crippen LogP contribution < -0.4 is 14.8 Å². The summed E-state index contributed by atoms with van der Waals surface area (Å²) in [4.78, 5) is 24.4. The van der Waals surface area contributed by atoms with E-state index < -0.39 is 17.7 Å². The van der Waals surface area contributed by atoms with Gasteiger partial charge in [0.15, 0.2) is 6.61 Å². The van der Waals surface area contributed by atoms with E-state index in [9.17, 15) is 28.1 Å². The van der Waals surface area contributed by atoms with Crippen molar-refractivity contribution in [3.8, 4) is 11.5 Å². The summed E-state index contributed by atoms with van der Waals surface area (Å²) in [5, 5.41) is 13.5. The van der Waals surface area contributed by atoms with Crippen LogP contribution in [0, 0.1) is 24.0 Å². The monoisotopic (exact) mass is 455 g/mol. The van der Waals surface area contributed by atoms with Crippen molar-refractivity contribution in [2.24, 2.45) is 0 Å². The molecule has 11 heteroatoms. The number of ether oxygens (including phenoxy) is 2. The van der Waals surface area contributed by atoms with Crippen molar-refractivity contribution < 1.29 is 32.4 Å². The number of carbonyl (C=O) groups excluding carboxylic acids is 1. The molecule has 1 amide bonds. The highest BCUT2D eigenvalue weighted by atomic mass is 19.4. The van der Waals surface area contributed by atoms with E-state index in [0.29, 0.717) is 23.4 Å². The van der Waals surface area contributed by atoms with Gasteiger partial charge in [-0.25, -0.2) is 0 Å². The molecule has 0 atom stereocenters. The molecule has 0 unspecified atom stereocenters. The number of aryl methyl sites for hydroxylation is 2. The zero-order valence-electron chi connectivity index (χ0n) is 18.1. The molecule has 0 aliphatic heterocycles. The van der Waals surface area contributed by atoms with Gasteiger partial charge in [-0.2, -0.15) is 13.2 Å². The van der Waals surface area contributed by atoms with Crippen molar-refractivity contribution >= 4 is 17.3 Å². The number of anilines is 1. The Balaban J connectivity index is 2.01. The number of benzene rings is 2. The molecule has 0 fully saturated rings. The van der Waals surface area contributed by atoms with Gasteiger partial charge in [0.1, 0.15) is 11.5 Å². The first-order valence-corrected chi connectivity index (χ1v) is 9.50. The molecule has 0 saturated heterocycles. The maximum absolute atomic E-state index is 12.4. The molecule has 0 aliphatic carbocycles. The molecule has 32 heavy (non-hydrogen) atoms. The number of methoxy groups -OCH3 is 1. The molecular weight excluding hydrogens is 431 g/mol. The van der Waals surface area contributed by atoms with Crippen molar-refractivity contribution in [2.45, 2.75) is 26.6 Å². The fourth-order valence-electron chi connectivity index (χ4n) is 3.21. The van der Waals surface area contributed by atoms with Gasteiger partial charge < -0.3 is 14.8 Å². The first kappa shape index (κ1) is 24.9. The molecule has 0 radical (unpaired) electrons. The molecule has 1 N–H and O–H groups in total. The molecule has 2 aromatic rings. The van der Waals surface area contributed by atoms with Crippen molar-refractivity contribution in [3.05, 3.63) is 57.1 Å². The number of rotatable bonds is 9. The minimum Gasteiger partial charge on any atom is -0.494 e. The van der Waals surface area contributed by atoms with Gasteiger partial charge in [-0.1, -0.05) is 12.1 Å². The first-order chi connectivity index (χ1) is 14.9. The lowest BCUT2D eigenvalue weighted by molar-refractivity contribution is -0.384. The number of nitro benzene ring substituents is 1. The second kappa shape index (κ2) is 10.3. The molecule has 0 heterocycles. The van der Waals surface area contributed by atoms with Gasteiger partial charge in [0.2, 0.25) is 5.91 Å². The van der Waals surface area contributed by atoms with Crippen molar-refractivity contribution in [1.82, 2.24) is 4.90 Å². The van der Waals surface area contributed by atoms with Gasteiger partial charge in [-0.3, -0.25) is 19.8 Å². The van der Waals surface area contributed by atoms with Crippen LogP contribution in [0.4, 0.5) is 24.5 Å². The van der Waals surface area contributed by atoms with Gasteiger partial charge in [0.25, 0.3) is 5.69 Å². The molecule has 0 spiro atoms. The summed E-state index contributed by atoms with van der Waals surface area (Å²) in [6.07, 6.45) is -4.42. The molecule has 174 valence electrons. The predicted octanol–water partition coefficient (Wildman–Crippen LogP) is 4.23. The van der Waals surface area contributed by atoms with Crippen LogP contribution in [-0.2, 0) is 11.3 Å². The Labute approximate surface area is 183 Å². The van der Waals surface area contributed by atoms with E-state index >= 15 is 0 Å². The number of nitrogens with zero attached hydrogens (tertiary/aromatic N) is 2. The van der Waals surface area contributed by atoms with Crippen LogP contribution in [0.3, 0.4) is 0 Å². The topological polar surface area (TPSA) is 93.9 Å². The zero-order valence-corrected chi connectivity index (χ0v) is 18.1. The van der Waals surface area contributed by atoms with Crippen molar-refractivity contribution in [2.75, 3.05) is 32.6 Å². The van der Waals surface area contributed by atoms with Crippen LogP contribution in [0.15, 0.2) is 30.3 Å². The van der Waals surface area contributed by atoms with Crippen LogP contribution in [0.25, 0.3) is 0 Å². The maximum atomic E-state index is 12.4. The molecule has 2 rings (SSSR count). The highest BCUT2D eigenvalue weighted by Gasteiger charge is 2.29. The van der Waals surface area contributed by atoms with Crippen molar-refractivity contribution in [3.63, 3.8) is 0 Å². The van der Waals surface area contributed by atoms with Crippen LogP contribution in [0.2, 0.25) is 0 Å². The van der Waals surface area contributed by atoms with Gasteiger partial charge in [0.05, 0.1) is 30.3 Å². The molecule has 0 aromatic heterocycles. The normalized spacial score (nSPS) is 11.4. The summed E-state index contributed by atoms with van der Waals surface area (Å²) in [6.45, 7) is 2.34. The van der Waals surface area contributed by atoms with E-state index in [1.54, 1.807) is 37.9 Å². The molecule has 8 nitrogen and oxygen atoms in total. The van der Waals surface area contributed by atoms with E-state index in [1.165, 1.54) is 25.3 Å². The molecular formula is C21H24F3N3O5. The Hall–Kier alpha value is -3.34. The molecule has 0 saturated carbocycles. The second-order valence-electron chi connectivity index (χ2n) is 7.32. The Morgan fingerprint density at radius 3 is 2.34 bits per heavy atom. The van der Waals surface area contributed by atoms with Crippen LogP contribution >= 0.6 is 0 Å². The summed E-state index contributed by atoms with van der Waals surface area (Å²) >= 11 is 0. The number of nitro groups is 1. The summed E-state index contributed by atoms with van der Waals surface area (Å²) < 4.78 is 47.3. The van der Waals surface area contributed by atoms with Gasteiger partial charge >= 0.3 is 6.18 Å². The fourth-order valence-corrected chi connectivity index (χ4v) is 3.21. The third-order valence-corrected chi connectivity index (χ3v) is 4.44. The average Bonchev–Trinajstić information content (AvgIpc) is 2.66. The summed E-state index contributed by atoms with van der Waals surface area (Å²) in [5.74, 6) is -0.00846. The van der Waals surface area contributed by atoms with E-state index in [1.807, 2.05) is 0 Å². The summed E-state index contributed by atoms with van der Waals surface area (Å²) in [5.41, 5.74) is 2.08. The zero-order chi connectivity index (χ0) is 24.1. The fraction of sp³-hybridized carbons (Fsp3) is 0.381. The third-order valence-electron chi connectivity index (χ3n) is 4.44. The Kier molecular flexibility index (Phi) is 8.03. The first-order valence-electron chi connectivity index (χ1n) is 9.50.